The summed E-state index contributed by atoms with van der Waals surface area (Å²) in [4.78, 5) is 84.0. The van der Waals surface area contributed by atoms with Crippen molar-refractivity contribution in [2.24, 2.45) is 0 Å². The zero-order valence-electron chi connectivity index (χ0n) is 86.0. The van der Waals surface area contributed by atoms with Gasteiger partial charge in [-0.15, -0.1) is 0 Å². The van der Waals surface area contributed by atoms with E-state index < -0.39 is 17.8 Å². The Labute approximate surface area is 861 Å². The smallest absolute Gasteiger partial charge is 1.00 e. The van der Waals surface area contributed by atoms with Gasteiger partial charge in [0.15, 0.2) is 0 Å². The zero-order valence-corrected chi connectivity index (χ0v) is 87.0. The van der Waals surface area contributed by atoms with E-state index >= 15 is 0 Å². The number of aryl methyl sites for hydroxylation is 10. The van der Waals surface area contributed by atoms with Gasteiger partial charge in [0.25, 0.3) is 11.1 Å². The molecule has 0 saturated carbocycles. The van der Waals surface area contributed by atoms with Gasteiger partial charge < -0.3 is 94.1 Å². The number of nitrogens with one attached hydrogen (secondary N) is 3. The standard InChI is InChI=1S/C26H30FN3O3.C25H29N3O2.C19H23N3O2.C18H16F2N2.C8H15NO3.C8H13NO3.C5H9NO2.B.Na.H/c1-17-5-8-22(30-18(2)6-7-19(30)3)15-23(17)20-13-24(27)28-25(14-20)29-10-12-33-11-9-21(29)16-26(31)32-4;1-17-4-7-22(28-18(2)5-6-19(28)3)16-23(17)20-14-24-26-11-13-30-12-9-21(26)8-10-27(24)25(29)15-20;1-13-2-3-15(20)12-17(13)14-10-18-21-7-9-24-8-5-16(21)4-6-22(18)19(23)11-14;1-11-4-7-15(22-12(2)5-6-13(22)3)10-16(11)14-8-17(19)21-18(20)9-14;2*1-11-8(10)6-7-2-4-12-5-3-9-7;7-5-1-3-8-4-2-6-5;;;/h5-8,13-15,21H,9-12,16H2,1-4H3;4-7,14-16,21H,8-13H2,1-3H3;2-3,10-12,16H,4-9,20H2,1H3;4-10H,1-3H3;7,9H,2-6H2,1H3;6,9H,2-5H2,1H3;1-4H2,(H,6,7);;;/q;;;;;;;;+1;-1/b;;;;;7-6+;;;;. The maximum absolute atomic E-state index is 14.8. The van der Waals surface area contributed by atoms with E-state index in [-0.39, 0.29) is 92.8 Å². The average Bonchev–Trinajstić information content (AvgIpc) is 1.14. The molecule has 0 bridgehead atoms. The molecule has 3 radical (unpaired) electrons. The van der Waals surface area contributed by atoms with Crippen molar-refractivity contribution in [3.8, 4) is 61.6 Å². The molecule has 0 aliphatic carbocycles. The van der Waals surface area contributed by atoms with Gasteiger partial charge in [-0.05, 0) is 278 Å². The van der Waals surface area contributed by atoms with E-state index in [0.29, 0.717) is 102 Å². The number of benzene rings is 4. The number of anilines is 4. The number of hydrogen-bond donors (Lipinski definition) is 4. The molecule has 11 aromatic rings. The van der Waals surface area contributed by atoms with Crippen molar-refractivity contribution in [2.45, 2.75) is 171 Å². The van der Waals surface area contributed by atoms with E-state index in [1.165, 1.54) is 62.6 Å². The summed E-state index contributed by atoms with van der Waals surface area (Å²) in [6, 6.07) is 51.8. The van der Waals surface area contributed by atoms with Crippen LogP contribution < -0.4 is 77.1 Å². The Balaban J connectivity index is 0.000000179. The van der Waals surface area contributed by atoms with Gasteiger partial charge in [0.05, 0.1) is 87.0 Å². The molecule has 15 heterocycles. The van der Waals surface area contributed by atoms with Crippen LogP contribution in [0.25, 0.3) is 61.6 Å². The third kappa shape index (κ3) is 30.2. The van der Waals surface area contributed by atoms with Gasteiger partial charge in [0, 0.05) is 223 Å². The number of pyridine rings is 4. The van der Waals surface area contributed by atoms with E-state index in [0.717, 1.165) is 229 Å². The molecule has 4 aromatic carbocycles. The van der Waals surface area contributed by atoms with Crippen molar-refractivity contribution in [1.29, 1.82) is 0 Å². The molecule has 1 amide bonds. The molecule has 7 aromatic heterocycles. The van der Waals surface area contributed by atoms with Crippen LogP contribution in [0.2, 0.25) is 0 Å². The SMILES string of the molecule is COC(=O)/C=C1\CCOCCN1.COC(=O)CC1CCOCCN1.COC(=O)CC1CCOCCN1c1cc(-c2cc(-n3c(C)ccc3C)ccc2C)cc(F)n1.Cc1ccc(-n2c(C)ccc2C)cc1-c1cc(F)nc(F)c1.Cc1ccc(-n2c(C)ccc2C)cc1-c1cc2n(c(=O)c1)CCC1CCOCCN21.Cc1ccc(N)cc1-c1cc2n(c(=O)c1)CCC1CCOCCN21.O=C1CCOCCN1.[B].[H-].[Na+]. The zero-order chi connectivity index (χ0) is 100. The molecule has 19 rings (SSSR count). The second-order valence-electron chi connectivity index (χ2n) is 36.3. The van der Waals surface area contributed by atoms with Crippen LogP contribution in [0, 0.1) is 87.1 Å². The number of aromatic nitrogens is 7. The fourth-order valence-corrected chi connectivity index (χ4v) is 19.0. The summed E-state index contributed by atoms with van der Waals surface area (Å²) < 4.78 is 98.3. The maximum atomic E-state index is 14.8. The van der Waals surface area contributed by atoms with Crippen LogP contribution in [-0.4, -0.2) is 229 Å². The first-order valence-electron chi connectivity index (χ1n) is 48.6. The molecule has 8 aliphatic rings. The number of nitrogens with zero attached hydrogens (tertiary/aromatic N) is 10. The number of methoxy groups -OCH3 is 3. The van der Waals surface area contributed by atoms with E-state index in [1.54, 1.807) is 12.1 Å². The van der Waals surface area contributed by atoms with E-state index in [4.69, 9.17) is 38.9 Å². The van der Waals surface area contributed by atoms with Gasteiger partial charge in [0.1, 0.15) is 17.5 Å². The van der Waals surface area contributed by atoms with Crippen LogP contribution in [0.4, 0.5) is 36.3 Å². The van der Waals surface area contributed by atoms with Gasteiger partial charge >= 0.3 is 47.5 Å². The van der Waals surface area contributed by atoms with E-state index in [9.17, 15) is 41.9 Å². The normalized spacial score (nSPS) is 17.9. The first-order chi connectivity index (χ1) is 68.0. The topological polar surface area (TPSA) is 308 Å². The number of ether oxygens (including phenoxy) is 9. The van der Waals surface area contributed by atoms with Crippen LogP contribution in [0.15, 0.2) is 179 Å². The third-order valence-corrected chi connectivity index (χ3v) is 26.5. The number of carbonyl (C=O) groups is 4. The predicted octanol–water partition coefficient (Wildman–Crippen LogP) is 12.4. The fraction of sp³-hybridized carbons (Fsp3) is 0.431. The average molecular weight is 1970 g/mol. The second-order valence-corrected chi connectivity index (χ2v) is 36.3. The molecule has 757 valence electrons. The number of amides is 1. The number of carbonyl (C=O) groups excluding carboxylic acids is 4. The maximum Gasteiger partial charge on any atom is 1.00 e. The van der Waals surface area contributed by atoms with Crippen molar-refractivity contribution in [1.82, 2.24) is 48.8 Å². The van der Waals surface area contributed by atoms with Crippen LogP contribution >= 0.6 is 0 Å². The molecule has 143 heavy (non-hydrogen) atoms. The quantitative estimate of drug-likeness (QED) is 0.0208. The third-order valence-electron chi connectivity index (χ3n) is 26.5. The predicted molar refractivity (Wildman–Crippen MR) is 550 cm³/mol. The molecule has 8 aliphatic heterocycles. The molecule has 4 atom stereocenters. The molecule has 0 spiro atoms. The van der Waals surface area contributed by atoms with E-state index in [1.807, 2.05) is 96.3 Å². The summed E-state index contributed by atoms with van der Waals surface area (Å²) in [7, 11) is 4.16. The van der Waals surface area contributed by atoms with Crippen molar-refractivity contribution >= 4 is 55.4 Å². The molecule has 34 heteroatoms. The summed E-state index contributed by atoms with van der Waals surface area (Å²) in [5.41, 5.74) is 29.1. The number of fused-ring (bicyclic) bond motifs is 6. The summed E-state index contributed by atoms with van der Waals surface area (Å²) in [5.74, 6) is -0.300. The minimum absolute atomic E-state index is 0. The fourth-order valence-electron chi connectivity index (χ4n) is 19.0. The summed E-state index contributed by atoms with van der Waals surface area (Å²) in [5, 5.41) is 8.98. The molecule has 6 saturated heterocycles. The van der Waals surface area contributed by atoms with Crippen LogP contribution in [0.5, 0.6) is 0 Å². The molecule has 5 N–H and O–H groups in total. The Hall–Kier alpha value is -11.9. The Kier molecular flexibility index (Phi) is 42.2. The van der Waals surface area contributed by atoms with Crippen LogP contribution in [0.1, 0.15) is 122 Å². The number of halogens is 3. The minimum Gasteiger partial charge on any atom is -1.00 e. The Bertz CT molecular complexity index is 6220. The summed E-state index contributed by atoms with van der Waals surface area (Å²) in [6.45, 7) is 34.7. The Morgan fingerprint density at radius 1 is 0.413 bits per heavy atom. The Morgan fingerprint density at radius 2 is 0.804 bits per heavy atom. The number of hydrogen-bond acceptors (Lipinski definition) is 23. The van der Waals surface area contributed by atoms with Crippen LogP contribution in [-0.2, 0) is 74.9 Å². The minimum atomic E-state index is -0.812. The van der Waals surface area contributed by atoms with Crippen molar-refractivity contribution < 1.29 is 106 Å². The second kappa shape index (κ2) is 54.2. The number of rotatable bonds is 13. The van der Waals surface area contributed by atoms with Crippen molar-refractivity contribution in [2.75, 3.05) is 160 Å². The Morgan fingerprint density at radius 3 is 1.28 bits per heavy atom. The molecular formula is C109H136BF3N14NaO15. The molecule has 4 unspecified atom stereocenters. The molecule has 29 nitrogen and oxygen atoms in total. The number of esters is 3. The molecular weight excluding hydrogens is 1840 g/mol. The van der Waals surface area contributed by atoms with Crippen molar-refractivity contribution in [3.05, 3.63) is 264 Å². The summed E-state index contributed by atoms with van der Waals surface area (Å²) in [6.07, 6.45) is 8.97. The van der Waals surface area contributed by atoms with Crippen molar-refractivity contribution in [3.63, 3.8) is 0 Å². The van der Waals surface area contributed by atoms with Gasteiger partial charge in [-0.2, -0.15) is 18.2 Å². The van der Waals surface area contributed by atoms with Gasteiger partial charge in [-0.25, -0.2) is 9.78 Å². The monoisotopic (exact) mass is 1970 g/mol. The van der Waals surface area contributed by atoms with Gasteiger partial charge in [-0.1, -0.05) is 24.3 Å². The largest absolute Gasteiger partial charge is 1.00 e. The van der Waals surface area contributed by atoms with E-state index in [2.05, 4.69) is 173 Å². The number of nitrogens with two attached hydrogens (primary N) is 1. The molecule has 6 fully saturated rings. The first kappa shape index (κ1) is 111. The summed E-state index contributed by atoms with van der Waals surface area (Å²) >= 11 is 0. The van der Waals surface area contributed by atoms with Gasteiger partial charge in [0.2, 0.25) is 23.8 Å². The number of nitrogen functional groups attached to an aromatic ring is 1. The first-order valence-corrected chi connectivity index (χ1v) is 48.6. The van der Waals surface area contributed by atoms with Gasteiger partial charge in [-0.3, -0.25) is 33.1 Å². The van der Waals surface area contributed by atoms with Crippen LogP contribution in [0.3, 0.4) is 0 Å².